The number of halogens is 2. The number of nitrogens with zero attached hydrogens (tertiary/aromatic N) is 3. The van der Waals surface area contributed by atoms with Crippen LogP contribution in [0.25, 0.3) is 0 Å². The molecule has 1 aromatic heterocycles. The lowest BCUT2D eigenvalue weighted by Gasteiger charge is -2.11. The molecule has 3 aromatic rings. The lowest BCUT2D eigenvalue weighted by Crippen LogP contribution is -2.06. The van der Waals surface area contributed by atoms with Gasteiger partial charge in [-0.05, 0) is 67.5 Å². The summed E-state index contributed by atoms with van der Waals surface area (Å²) < 4.78 is 20.6. The third kappa shape index (κ3) is 5.02. The molecule has 0 saturated carbocycles. The Labute approximate surface area is 166 Å². The maximum absolute atomic E-state index is 13.1. The number of rotatable bonds is 6. The van der Waals surface area contributed by atoms with Gasteiger partial charge < -0.3 is 4.74 Å². The van der Waals surface area contributed by atoms with Crippen LogP contribution in [0.4, 0.5) is 4.39 Å². The van der Waals surface area contributed by atoms with Crippen molar-refractivity contribution in [3.8, 4) is 5.75 Å². The van der Waals surface area contributed by atoms with Crippen LogP contribution in [0.3, 0.4) is 0 Å². The van der Waals surface area contributed by atoms with Gasteiger partial charge in [-0.2, -0.15) is 14.9 Å². The number of hydrogen-bond acceptors (Lipinski definition) is 4. The number of aromatic amines is 1. The Morgan fingerprint density at radius 1 is 1.30 bits per heavy atom. The predicted octanol–water partition coefficient (Wildman–Crippen LogP) is 4.99. The first kappa shape index (κ1) is 19.3. The normalized spacial score (nSPS) is 11.4. The molecule has 0 aliphatic heterocycles. The molecule has 2 aromatic carbocycles. The average molecular weight is 405 g/mol. The molecular formula is C19H18ClFN4OS. The van der Waals surface area contributed by atoms with E-state index in [0.29, 0.717) is 27.8 Å². The minimum Gasteiger partial charge on any atom is -0.489 e. The van der Waals surface area contributed by atoms with E-state index in [0.717, 1.165) is 11.1 Å². The van der Waals surface area contributed by atoms with E-state index in [1.54, 1.807) is 30.5 Å². The van der Waals surface area contributed by atoms with E-state index in [1.165, 1.54) is 16.8 Å². The van der Waals surface area contributed by atoms with Gasteiger partial charge in [-0.25, -0.2) is 4.39 Å². The molecule has 0 unspecified atom stereocenters. The molecule has 140 valence electrons. The summed E-state index contributed by atoms with van der Waals surface area (Å²) in [7, 11) is 0. The molecule has 8 heteroatoms. The second-order valence-electron chi connectivity index (χ2n) is 6.16. The van der Waals surface area contributed by atoms with Crippen LogP contribution in [0.2, 0.25) is 5.02 Å². The average Bonchev–Trinajstić information content (AvgIpc) is 2.96. The van der Waals surface area contributed by atoms with Crippen LogP contribution in [0.15, 0.2) is 47.6 Å². The van der Waals surface area contributed by atoms with Crippen molar-refractivity contribution in [1.29, 1.82) is 0 Å². The van der Waals surface area contributed by atoms with Gasteiger partial charge in [-0.15, -0.1) is 0 Å². The number of nitrogens with one attached hydrogen (secondary N) is 1. The van der Waals surface area contributed by atoms with E-state index in [9.17, 15) is 4.39 Å². The molecule has 0 atom stereocenters. The van der Waals surface area contributed by atoms with E-state index in [4.69, 9.17) is 28.6 Å². The first-order valence-electron chi connectivity index (χ1n) is 8.33. The Balaban J connectivity index is 1.81. The van der Waals surface area contributed by atoms with Gasteiger partial charge in [0.2, 0.25) is 4.77 Å². The van der Waals surface area contributed by atoms with Crippen molar-refractivity contribution in [2.75, 3.05) is 0 Å². The lowest BCUT2D eigenvalue weighted by molar-refractivity contribution is 0.242. The zero-order valence-electron chi connectivity index (χ0n) is 14.8. The highest BCUT2D eigenvalue weighted by Gasteiger charge is 2.08. The Hall–Kier alpha value is -2.51. The van der Waals surface area contributed by atoms with Crippen LogP contribution < -0.4 is 4.74 Å². The highest BCUT2D eigenvalue weighted by atomic mass is 35.5. The highest BCUT2D eigenvalue weighted by Crippen LogP contribution is 2.26. The summed E-state index contributed by atoms with van der Waals surface area (Å²) in [4.78, 5) is 0. The summed E-state index contributed by atoms with van der Waals surface area (Å²) >= 11 is 11.5. The molecular weight excluding hydrogens is 387 g/mol. The van der Waals surface area contributed by atoms with Gasteiger partial charge in [-0.3, -0.25) is 5.10 Å². The summed E-state index contributed by atoms with van der Waals surface area (Å²) in [5, 5.41) is 11.8. The van der Waals surface area contributed by atoms with Crippen LogP contribution in [0.5, 0.6) is 5.75 Å². The fraction of sp³-hybridized carbons (Fsp3) is 0.211. The quantitative estimate of drug-likeness (QED) is 0.465. The minimum absolute atomic E-state index is 0.0419. The van der Waals surface area contributed by atoms with Gasteiger partial charge in [0.05, 0.1) is 17.3 Å². The molecule has 5 nitrogen and oxygen atoms in total. The topological polar surface area (TPSA) is 55.2 Å². The highest BCUT2D eigenvalue weighted by molar-refractivity contribution is 7.71. The number of benzene rings is 2. The predicted molar refractivity (Wildman–Crippen MR) is 107 cm³/mol. The smallest absolute Gasteiger partial charge is 0.216 e. The van der Waals surface area contributed by atoms with Gasteiger partial charge in [0.15, 0.2) is 5.82 Å². The number of H-pyrrole nitrogens is 1. The minimum atomic E-state index is -0.280. The van der Waals surface area contributed by atoms with E-state index in [2.05, 4.69) is 15.3 Å². The summed E-state index contributed by atoms with van der Waals surface area (Å²) in [6, 6.07) is 11.7. The fourth-order valence-corrected chi connectivity index (χ4v) is 2.85. The van der Waals surface area contributed by atoms with Crippen LogP contribution in [-0.4, -0.2) is 27.2 Å². The van der Waals surface area contributed by atoms with Crippen LogP contribution in [0, 0.1) is 10.6 Å². The van der Waals surface area contributed by atoms with Crippen molar-refractivity contribution in [2.24, 2.45) is 5.10 Å². The van der Waals surface area contributed by atoms with Crippen LogP contribution >= 0.6 is 23.8 Å². The maximum Gasteiger partial charge on any atom is 0.216 e. The van der Waals surface area contributed by atoms with Crippen molar-refractivity contribution in [3.05, 3.63) is 75.0 Å². The number of hydrogen-bond donors (Lipinski definition) is 1. The molecule has 0 spiro atoms. The Bertz CT molecular complexity index is 1010. The van der Waals surface area contributed by atoms with Crippen molar-refractivity contribution in [2.45, 2.75) is 26.4 Å². The molecule has 0 bridgehead atoms. The van der Waals surface area contributed by atoms with Gasteiger partial charge in [-0.1, -0.05) is 23.7 Å². The monoisotopic (exact) mass is 404 g/mol. The van der Waals surface area contributed by atoms with Crippen molar-refractivity contribution >= 4 is 30.0 Å². The van der Waals surface area contributed by atoms with Crippen LogP contribution in [-0.2, 0) is 6.42 Å². The van der Waals surface area contributed by atoms with E-state index in [1.807, 2.05) is 19.9 Å². The molecule has 3 rings (SSSR count). The largest absolute Gasteiger partial charge is 0.489 e. The molecule has 27 heavy (non-hydrogen) atoms. The van der Waals surface area contributed by atoms with Gasteiger partial charge >= 0.3 is 0 Å². The summed E-state index contributed by atoms with van der Waals surface area (Å²) in [6.07, 6.45) is 2.15. The van der Waals surface area contributed by atoms with Gasteiger partial charge in [0.1, 0.15) is 11.6 Å². The zero-order chi connectivity index (χ0) is 19.4. The SMILES string of the molecule is CC(C)Oc1ccc(/C=N\n2c(Cc3ccc(F)cc3)n[nH]c2=S)cc1Cl. The van der Waals surface area contributed by atoms with E-state index >= 15 is 0 Å². The Morgan fingerprint density at radius 2 is 2.04 bits per heavy atom. The summed E-state index contributed by atoms with van der Waals surface area (Å²) in [5.74, 6) is 0.965. The third-order valence-electron chi connectivity index (χ3n) is 3.63. The first-order chi connectivity index (χ1) is 12.9. The van der Waals surface area contributed by atoms with Crippen molar-refractivity contribution in [1.82, 2.24) is 14.9 Å². The second kappa shape index (κ2) is 8.45. The van der Waals surface area contributed by atoms with Crippen molar-refractivity contribution < 1.29 is 9.13 Å². The lowest BCUT2D eigenvalue weighted by atomic mass is 10.1. The first-order valence-corrected chi connectivity index (χ1v) is 9.12. The third-order valence-corrected chi connectivity index (χ3v) is 4.19. The van der Waals surface area contributed by atoms with Gasteiger partial charge in [0, 0.05) is 6.42 Å². The van der Waals surface area contributed by atoms with Crippen LogP contribution in [0.1, 0.15) is 30.8 Å². The molecule has 0 fully saturated rings. The Kier molecular flexibility index (Phi) is 6.03. The standard InChI is InChI=1S/C19H18ClFN4OS/c1-12(2)26-17-8-5-14(9-16(17)20)11-22-25-18(23-24-19(25)27)10-13-3-6-15(21)7-4-13/h3-9,11-12H,10H2,1-2H3,(H,24,27)/b22-11-. The zero-order valence-corrected chi connectivity index (χ0v) is 16.4. The molecule has 0 radical (unpaired) electrons. The molecule has 1 N–H and O–H groups in total. The van der Waals surface area contributed by atoms with E-state index < -0.39 is 0 Å². The summed E-state index contributed by atoms with van der Waals surface area (Å²) in [5.41, 5.74) is 1.70. The second-order valence-corrected chi connectivity index (χ2v) is 6.95. The number of aromatic nitrogens is 3. The molecule has 0 saturated heterocycles. The summed E-state index contributed by atoms with van der Waals surface area (Å²) in [6.45, 7) is 3.88. The van der Waals surface area contributed by atoms with E-state index in [-0.39, 0.29) is 11.9 Å². The fourth-order valence-electron chi connectivity index (χ4n) is 2.41. The maximum atomic E-state index is 13.1. The van der Waals surface area contributed by atoms with Gasteiger partial charge in [0.25, 0.3) is 0 Å². The molecule has 0 aliphatic rings. The molecule has 0 aliphatic carbocycles. The van der Waals surface area contributed by atoms with Crippen molar-refractivity contribution in [3.63, 3.8) is 0 Å². The molecule has 1 heterocycles. The molecule has 0 amide bonds. The Morgan fingerprint density at radius 3 is 2.70 bits per heavy atom. The number of ether oxygens (including phenoxy) is 1.